The average Bonchev–Trinajstić information content (AvgIpc) is 3.13. The Kier molecular flexibility index (Phi) is 5.49. The third-order valence-corrected chi connectivity index (χ3v) is 6.25. The Labute approximate surface area is 156 Å². The van der Waals surface area contributed by atoms with Gasteiger partial charge in [0.1, 0.15) is 5.56 Å². The Bertz CT molecular complexity index is 874. The zero-order valence-corrected chi connectivity index (χ0v) is 15.8. The van der Waals surface area contributed by atoms with Crippen molar-refractivity contribution in [1.29, 1.82) is 0 Å². The Balaban J connectivity index is 1.73. The molecule has 0 radical (unpaired) electrons. The molecule has 0 unspecified atom stereocenters. The largest absolute Gasteiger partial charge is 0.462 e. The first kappa shape index (κ1) is 18.7. The first-order valence-corrected chi connectivity index (χ1v) is 9.96. The van der Waals surface area contributed by atoms with Crippen LogP contribution in [0.3, 0.4) is 0 Å². The van der Waals surface area contributed by atoms with Crippen molar-refractivity contribution < 1.29 is 17.9 Å². The molecule has 10 heteroatoms. The molecule has 1 aromatic heterocycles. The van der Waals surface area contributed by atoms with Crippen molar-refractivity contribution in [2.75, 3.05) is 37.7 Å². The summed E-state index contributed by atoms with van der Waals surface area (Å²) in [5.41, 5.74) is 0.909. The number of nitrogens with one attached hydrogen (secondary N) is 1. The normalized spacial score (nSPS) is 15.8. The third kappa shape index (κ3) is 3.69. The highest BCUT2D eigenvalue weighted by Gasteiger charge is 2.33. The maximum Gasteiger partial charge on any atom is 0.342 e. The summed E-state index contributed by atoms with van der Waals surface area (Å²) in [6.45, 7) is 3.47. The number of aromatic amines is 1. The molecule has 1 aliphatic rings. The molecule has 8 nitrogen and oxygen atoms in total. The van der Waals surface area contributed by atoms with Crippen LogP contribution in [0.5, 0.6) is 0 Å². The van der Waals surface area contributed by atoms with Gasteiger partial charge in [-0.1, -0.05) is 11.6 Å². The second-order valence-corrected chi connectivity index (χ2v) is 8.01. The average molecular weight is 399 g/mol. The van der Waals surface area contributed by atoms with Crippen molar-refractivity contribution in [2.45, 2.75) is 11.9 Å². The Morgan fingerprint density at radius 3 is 2.50 bits per heavy atom. The van der Waals surface area contributed by atoms with Crippen LogP contribution < -0.4 is 4.90 Å². The smallest absolute Gasteiger partial charge is 0.342 e. The topological polar surface area (TPSA) is 95.6 Å². The highest BCUT2D eigenvalue weighted by atomic mass is 35.5. The number of ether oxygens (including phenoxy) is 1. The SMILES string of the molecule is CCOC(=O)c1cn[nH]c1S(=O)(=O)N1CCN(c2ccc(Cl)cc2)CC1. The van der Waals surface area contributed by atoms with E-state index < -0.39 is 16.0 Å². The molecule has 2 heterocycles. The molecule has 1 aromatic carbocycles. The molecular weight excluding hydrogens is 380 g/mol. The van der Waals surface area contributed by atoms with Gasteiger partial charge in [0.2, 0.25) is 0 Å². The zero-order chi connectivity index (χ0) is 18.7. The van der Waals surface area contributed by atoms with E-state index in [9.17, 15) is 13.2 Å². The van der Waals surface area contributed by atoms with Crippen LogP contribution in [0.2, 0.25) is 5.02 Å². The van der Waals surface area contributed by atoms with Crippen LogP contribution >= 0.6 is 11.6 Å². The molecule has 1 fully saturated rings. The molecule has 0 saturated carbocycles. The molecule has 0 bridgehead atoms. The summed E-state index contributed by atoms with van der Waals surface area (Å²) in [6, 6.07) is 7.41. The van der Waals surface area contributed by atoms with E-state index in [1.807, 2.05) is 12.1 Å². The van der Waals surface area contributed by atoms with E-state index in [0.717, 1.165) is 5.69 Å². The van der Waals surface area contributed by atoms with Crippen LogP contribution in [-0.4, -0.2) is 61.7 Å². The standard InChI is InChI=1S/C16H19ClN4O4S/c1-2-25-16(22)14-11-18-19-15(14)26(23,24)21-9-7-20(8-10-21)13-5-3-12(17)4-6-13/h3-6,11H,2,7-10H2,1H3,(H,18,19). The van der Waals surface area contributed by atoms with E-state index in [4.69, 9.17) is 16.3 Å². The predicted molar refractivity (Wildman–Crippen MR) is 97.0 cm³/mol. The van der Waals surface area contributed by atoms with Crippen molar-refractivity contribution in [1.82, 2.24) is 14.5 Å². The summed E-state index contributed by atoms with van der Waals surface area (Å²) in [7, 11) is -3.86. The quantitative estimate of drug-likeness (QED) is 0.771. The van der Waals surface area contributed by atoms with E-state index in [1.165, 1.54) is 10.5 Å². The number of carbonyl (C=O) groups excluding carboxylic acids is 1. The fraction of sp³-hybridized carbons (Fsp3) is 0.375. The molecule has 1 aliphatic heterocycles. The van der Waals surface area contributed by atoms with E-state index >= 15 is 0 Å². The van der Waals surface area contributed by atoms with E-state index in [1.54, 1.807) is 19.1 Å². The first-order chi connectivity index (χ1) is 12.4. The maximum atomic E-state index is 12.9. The number of halogens is 1. The van der Waals surface area contributed by atoms with Crippen LogP contribution in [0.1, 0.15) is 17.3 Å². The summed E-state index contributed by atoms with van der Waals surface area (Å²) in [4.78, 5) is 14.0. The molecule has 0 spiro atoms. The van der Waals surface area contributed by atoms with Crippen LogP contribution in [-0.2, 0) is 14.8 Å². The molecule has 0 amide bonds. The number of piperazine rings is 1. The maximum absolute atomic E-state index is 12.9. The second kappa shape index (κ2) is 7.65. The lowest BCUT2D eigenvalue weighted by molar-refractivity contribution is 0.0521. The highest BCUT2D eigenvalue weighted by molar-refractivity contribution is 7.89. The van der Waals surface area contributed by atoms with Crippen molar-refractivity contribution in [2.24, 2.45) is 0 Å². The molecule has 2 aromatic rings. The van der Waals surface area contributed by atoms with Gasteiger partial charge in [-0.3, -0.25) is 5.10 Å². The van der Waals surface area contributed by atoms with E-state index in [2.05, 4.69) is 15.1 Å². The van der Waals surface area contributed by atoms with Gasteiger partial charge >= 0.3 is 5.97 Å². The molecular formula is C16H19ClN4O4S. The minimum absolute atomic E-state index is 0.0769. The number of benzene rings is 1. The fourth-order valence-electron chi connectivity index (χ4n) is 2.79. The number of anilines is 1. The number of rotatable bonds is 5. The molecule has 0 atom stereocenters. The lowest BCUT2D eigenvalue weighted by Crippen LogP contribution is -2.49. The summed E-state index contributed by atoms with van der Waals surface area (Å²) >= 11 is 5.90. The number of H-pyrrole nitrogens is 1. The van der Waals surface area contributed by atoms with Gasteiger partial charge in [-0.2, -0.15) is 9.40 Å². The number of hydrogen-bond acceptors (Lipinski definition) is 6. The number of hydrogen-bond donors (Lipinski definition) is 1. The van der Waals surface area contributed by atoms with Crippen molar-refractivity contribution in [3.8, 4) is 0 Å². The van der Waals surface area contributed by atoms with Gasteiger partial charge in [-0.25, -0.2) is 13.2 Å². The summed E-state index contributed by atoms with van der Waals surface area (Å²) in [5.74, 6) is -0.709. The number of sulfonamides is 1. The van der Waals surface area contributed by atoms with Crippen LogP contribution in [0.4, 0.5) is 5.69 Å². The molecule has 1 N–H and O–H groups in total. The van der Waals surface area contributed by atoms with Gasteiger partial charge in [0, 0.05) is 36.9 Å². The lowest BCUT2D eigenvalue weighted by Gasteiger charge is -2.35. The second-order valence-electron chi connectivity index (χ2n) is 5.70. The Morgan fingerprint density at radius 2 is 1.88 bits per heavy atom. The first-order valence-electron chi connectivity index (χ1n) is 8.14. The van der Waals surface area contributed by atoms with E-state index in [0.29, 0.717) is 31.2 Å². The monoisotopic (exact) mass is 398 g/mol. The van der Waals surface area contributed by atoms with Crippen LogP contribution in [0, 0.1) is 0 Å². The van der Waals surface area contributed by atoms with Crippen molar-refractivity contribution >= 4 is 33.3 Å². The van der Waals surface area contributed by atoms with E-state index in [-0.39, 0.29) is 17.2 Å². The summed E-state index contributed by atoms with van der Waals surface area (Å²) in [6.07, 6.45) is 1.18. The fourth-order valence-corrected chi connectivity index (χ4v) is 4.40. The van der Waals surface area contributed by atoms with Crippen LogP contribution in [0.15, 0.2) is 35.5 Å². The number of esters is 1. The number of nitrogens with zero attached hydrogens (tertiary/aromatic N) is 3. The Hall–Kier alpha value is -2.10. The van der Waals surface area contributed by atoms with Gasteiger partial charge < -0.3 is 9.64 Å². The number of aromatic nitrogens is 2. The van der Waals surface area contributed by atoms with Gasteiger partial charge in [-0.05, 0) is 31.2 Å². The summed E-state index contributed by atoms with van der Waals surface area (Å²) < 4.78 is 32.0. The van der Waals surface area contributed by atoms with Gasteiger partial charge in [-0.15, -0.1) is 0 Å². The zero-order valence-electron chi connectivity index (χ0n) is 14.2. The molecule has 3 rings (SSSR count). The van der Waals surface area contributed by atoms with Crippen LogP contribution in [0.25, 0.3) is 0 Å². The Morgan fingerprint density at radius 1 is 1.23 bits per heavy atom. The van der Waals surface area contributed by atoms with Crippen molar-refractivity contribution in [3.05, 3.63) is 41.0 Å². The number of carbonyl (C=O) groups is 1. The van der Waals surface area contributed by atoms with Gasteiger partial charge in [0.15, 0.2) is 5.03 Å². The highest BCUT2D eigenvalue weighted by Crippen LogP contribution is 2.23. The predicted octanol–water partition coefficient (Wildman–Crippen LogP) is 1.75. The minimum atomic E-state index is -3.86. The molecule has 140 valence electrons. The van der Waals surface area contributed by atoms with Gasteiger partial charge in [0.05, 0.1) is 12.8 Å². The van der Waals surface area contributed by atoms with Crippen molar-refractivity contribution in [3.63, 3.8) is 0 Å². The van der Waals surface area contributed by atoms with Gasteiger partial charge in [0.25, 0.3) is 10.0 Å². The molecule has 0 aliphatic carbocycles. The minimum Gasteiger partial charge on any atom is -0.462 e. The lowest BCUT2D eigenvalue weighted by atomic mass is 10.2. The molecule has 26 heavy (non-hydrogen) atoms. The summed E-state index contributed by atoms with van der Waals surface area (Å²) in [5, 5.41) is 6.55. The molecule has 1 saturated heterocycles. The third-order valence-electron chi connectivity index (χ3n) is 4.13.